The van der Waals surface area contributed by atoms with Gasteiger partial charge in [0.1, 0.15) is 17.3 Å². The number of ether oxygens (including phenoxy) is 2. The highest BCUT2D eigenvalue weighted by Gasteiger charge is 2.16. The maximum Gasteiger partial charge on any atom is 0.137 e. The van der Waals surface area contributed by atoms with Crippen molar-refractivity contribution in [2.75, 3.05) is 14.2 Å². The third-order valence-electron chi connectivity index (χ3n) is 3.08. The lowest BCUT2D eigenvalue weighted by atomic mass is 9.98. The van der Waals surface area contributed by atoms with E-state index in [1.807, 2.05) is 6.07 Å². The second kappa shape index (κ2) is 6.24. The third-order valence-corrected chi connectivity index (χ3v) is 3.72. The van der Waals surface area contributed by atoms with Crippen LogP contribution in [0.3, 0.4) is 0 Å². The van der Waals surface area contributed by atoms with Gasteiger partial charge < -0.3 is 15.2 Å². The molecule has 2 rings (SSSR count). The van der Waals surface area contributed by atoms with Gasteiger partial charge in [-0.3, -0.25) is 0 Å². The maximum absolute atomic E-state index is 13.6. The van der Waals surface area contributed by atoms with Crippen molar-refractivity contribution in [1.29, 1.82) is 0 Å². The average molecular weight is 340 g/mol. The zero-order valence-electron chi connectivity index (χ0n) is 11.2. The van der Waals surface area contributed by atoms with Crippen LogP contribution in [0, 0.1) is 5.82 Å². The van der Waals surface area contributed by atoms with Crippen LogP contribution in [0.25, 0.3) is 0 Å². The fourth-order valence-electron chi connectivity index (χ4n) is 1.96. The minimum Gasteiger partial charge on any atom is -0.497 e. The standard InChI is InChI=1S/C15H15BrFNO2/c1-19-10-4-5-11(14(8-10)20-2)15(18)9-3-6-12(16)13(17)7-9/h3-8,15H,18H2,1-2H3. The molecule has 0 fully saturated rings. The van der Waals surface area contributed by atoms with E-state index in [2.05, 4.69) is 15.9 Å². The molecule has 3 nitrogen and oxygen atoms in total. The first-order valence-electron chi connectivity index (χ1n) is 5.99. The summed E-state index contributed by atoms with van der Waals surface area (Å²) in [5.41, 5.74) is 7.65. The highest BCUT2D eigenvalue weighted by molar-refractivity contribution is 9.10. The van der Waals surface area contributed by atoms with Crippen LogP contribution >= 0.6 is 15.9 Å². The zero-order valence-corrected chi connectivity index (χ0v) is 12.8. The highest BCUT2D eigenvalue weighted by atomic mass is 79.9. The van der Waals surface area contributed by atoms with E-state index >= 15 is 0 Å². The molecule has 0 saturated carbocycles. The Hall–Kier alpha value is -1.59. The van der Waals surface area contributed by atoms with Gasteiger partial charge in [0.15, 0.2) is 0 Å². The Morgan fingerprint density at radius 2 is 1.85 bits per heavy atom. The second-order valence-corrected chi connectivity index (χ2v) is 5.11. The summed E-state index contributed by atoms with van der Waals surface area (Å²) < 4.78 is 24.5. The molecule has 20 heavy (non-hydrogen) atoms. The van der Waals surface area contributed by atoms with Gasteiger partial charge in [-0.2, -0.15) is 0 Å². The average Bonchev–Trinajstić information content (AvgIpc) is 2.48. The molecule has 0 saturated heterocycles. The molecule has 0 bridgehead atoms. The summed E-state index contributed by atoms with van der Waals surface area (Å²) in [6, 6.07) is 9.73. The van der Waals surface area contributed by atoms with Crippen LogP contribution in [-0.4, -0.2) is 14.2 Å². The van der Waals surface area contributed by atoms with Gasteiger partial charge in [-0.15, -0.1) is 0 Å². The van der Waals surface area contributed by atoms with Crippen LogP contribution in [0.4, 0.5) is 4.39 Å². The maximum atomic E-state index is 13.6. The predicted molar refractivity (Wildman–Crippen MR) is 79.7 cm³/mol. The van der Waals surface area contributed by atoms with Gasteiger partial charge in [0.05, 0.1) is 24.7 Å². The molecule has 0 aliphatic carbocycles. The molecule has 1 unspecified atom stereocenters. The molecule has 1 atom stereocenters. The van der Waals surface area contributed by atoms with E-state index < -0.39 is 6.04 Å². The number of methoxy groups -OCH3 is 2. The zero-order chi connectivity index (χ0) is 14.7. The minimum atomic E-state index is -0.474. The van der Waals surface area contributed by atoms with E-state index in [4.69, 9.17) is 15.2 Å². The largest absolute Gasteiger partial charge is 0.497 e. The van der Waals surface area contributed by atoms with Crippen LogP contribution in [0.15, 0.2) is 40.9 Å². The summed E-state index contributed by atoms with van der Waals surface area (Å²) in [6.07, 6.45) is 0. The Kier molecular flexibility index (Phi) is 4.62. The van der Waals surface area contributed by atoms with E-state index in [1.165, 1.54) is 6.07 Å². The van der Waals surface area contributed by atoms with Gasteiger partial charge in [0.2, 0.25) is 0 Å². The molecule has 0 aliphatic rings. The molecule has 2 aromatic rings. The molecule has 2 aromatic carbocycles. The predicted octanol–water partition coefficient (Wildman–Crippen LogP) is 3.65. The minimum absolute atomic E-state index is 0.342. The van der Waals surface area contributed by atoms with Gasteiger partial charge >= 0.3 is 0 Å². The van der Waals surface area contributed by atoms with E-state index in [1.54, 1.807) is 38.5 Å². The lowest BCUT2D eigenvalue weighted by Crippen LogP contribution is -2.13. The van der Waals surface area contributed by atoms with Crippen molar-refractivity contribution < 1.29 is 13.9 Å². The fourth-order valence-corrected chi connectivity index (χ4v) is 2.21. The number of rotatable bonds is 4. The Morgan fingerprint density at radius 1 is 1.10 bits per heavy atom. The number of halogens is 2. The van der Waals surface area contributed by atoms with Crippen LogP contribution in [0.1, 0.15) is 17.2 Å². The smallest absolute Gasteiger partial charge is 0.137 e. The molecule has 0 amide bonds. The summed E-state index contributed by atoms with van der Waals surface area (Å²) in [4.78, 5) is 0. The van der Waals surface area contributed by atoms with Crippen molar-refractivity contribution in [3.8, 4) is 11.5 Å². The van der Waals surface area contributed by atoms with Crippen LogP contribution in [0.2, 0.25) is 0 Å². The van der Waals surface area contributed by atoms with Gasteiger partial charge in [0, 0.05) is 11.6 Å². The molecule has 0 heterocycles. The molecule has 5 heteroatoms. The lowest BCUT2D eigenvalue weighted by molar-refractivity contribution is 0.390. The molecule has 0 spiro atoms. The highest BCUT2D eigenvalue weighted by Crippen LogP contribution is 2.32. The van der Waals surface area contributed by atoms with Crippen LogP contribution in [-0.2, 0) is 0 Å². The molecule has 2 N–H and O–H groups in total. The van der Waals surface area contributed by atoms with E-state index in [0.29, 0.717) is 21.5 Å². The lowest BCUT2D eigenvalue weighted by Gasteiger charge is -2.17. The van der Waals surface area contributed by atoms with E-state index in [0.717, 1.165) is 5.56 Å². The second-order valence-electron chi connectivity index (χ2n) is 4.26. The van der Waals surface area contributed by atoms with Gasteiger partial charge in [-0.1, -0.05) is 6.07 Å². The summed E-state index contributed by atoms with van der Waals surface area (Å²) in [5.74, 6) is 0.949. The Balaban J connectivity index is 2.41. The molecular weight excluding hydrogens is 325 g/mol. The van der Waals surface area contributed by atoms with Gasteiger partial charge in [0.25, 0.3) is 0 Å². The molecule has 0 radical (unpaired) electrons. The monoisotopic (exact) mass is 339 g/mol. The van der Waals surface area contributed by atoms with Crippen molar-refractivity contribution in [3.63, 3.8) is 0 Å². The molecule has 0 aliphatic heterocycles. The van der Waals surface area contributed by atoms with E-state index in [-0.39, 0.29) is 5.82 Å². The Labute approximate surface area is 125 Å². The number of nitrogens with two attached hydrogens (primary N) is 1. The fraction of sp³-hybridized carbons (Fsp3) is 0.200. The molecule has 0 aromatic heterocycles. The Bertz CT molecular complexity index is 619. The quantitative estimate of drug-likeness (QED) is 0.924. The van der Waals surface area contributed by atoms with Crippen molar-refractivity contribution in [3.05, 3.63) is 57.8 Å². The first-order valence-corrected chi connectivity index (χ1v) is 6.78. The number of hydrogen-bond donors (Lipinski definition) is 1. The van der Waals surface area contributed by atoms with Crippen molar-refractivity contribution in [2.24, 2.45) is 5.73 Å². The number of benzene rings is 2. The van der Waals surface area contributed by atoms with Crippen molar-refractivity contribution in [1.82, 2.24) is 0 Å². The summed E-state index contributed by atoms with van der Waals surface area (Å²) in [5, 5.41) is 0. The summed E-state index contributed by atoms with van der Waals surface area (Å²) in [6.45, 7) is 0. The number of hydrogen-bond acceptors (Lipinski definition) is 3. The topological polar surface area (TPSA) is 44.5 Å². The third kappa shape index (κ3) is 2.94. The molecule has 106 valence electrons. The van der Waals surface area contributed by atoms with Gasteiger partial charge in [-0.25, -0.2) is 4.39 Å². The first kappa shape index (κ1) is 14.8. The first-order chi connectivity index (χ1) is 9.56. The van der Waals surface area contributed by atoms with E-state index in [9.17, 15) is 4.39 Å². The van der Waals surface area contributed by atoms with Crippen LogP contribution < -0.4 is 15.2 Å². The molecular formula is C15H15BrFNO2. The SMILES string of the molecule is COc1ccc(C(N)c2ccc(Br)c(F)c2)c(OC)c1. The summed E-state index contributed by atoms with van der Waals surface area (Å²) >= 11 is 3.12. The summed E-state index contributed by atoms with van der Waals surface area (Å²) in [7, 11) is 3.14. The Morgan fingerprint density at radius 3 is 2.45 bits per heavy atom. The van der Waals surface area contributed by atoms with Crippen molar-refractivity contribution in [2.45, 2.75) is 6.04 Å². The normalized spacial score (nSPS) is 12.1. The van der Waals surface area contributed by atoms with Crippen molar-refractivity contribution >= 4 is 15.9 Å². The van der Waals surface area contributed by atoms with Gasteiger partial charge in [-0.05, 0) is 45.8 Å². The van der Waals surface area contributed by atoms with Crippen LogP contribution in [0.5, 0.6) is 11.5 Å².